The summed E-state index contributed by atoms with van der Waals surface area (Å²) in [5, 5.41) is 21.2. The lowest BCUT2D eigenvalue weighted by atomic mass is 10.1. The van der Waals surface area contributed by atoms with Crippen molar-refractivity contribution in [1.82, 2.24) is 4.98 Å². The summed E-state index contributed by atoms with van der Waals surface area (Å²) in [4.78, 5) is 16.0. The molecule has 2 aromatic rings. The highest BCUT2D eigenvalue weighted by atomic mass is 79.9. The fourth-order valence-corrected chi connectivity index (χ4v) is 1.95. The van der Waals surface area contributed by atoms with E-state index >= 15 is 0 Å². The molecule has 0 aliphatic heterocycles. The van der Waals surface area contributed by atoms with Crippen LogP contribution in [0.2, 0.25) is 0 Å². The molecule has 1 aromatic carbocycles. The number of pyridine rings is 1. The van der Waals surface area contributed by atoms with Gasteiger partial charge >= 0.3 is 0 Å². The molecule has 21 heavy (non-hydrogen) atoms. The van der Waals surface area contributed by atoms with Crippen molar-refractivity contribution >= 4 is 27.7 Å². The molecule has 1 heterocycles. The fraction of sp³-hybridized carbons (Fsp3) is 0.143. The van der Waals surface area contributed by atoms with Crippen molar-refractivity contribution in [1.29, 1.82) is 0 Å². The zero-order chi connectivity index (χ0) is 15.4. The summed E-state index contributed by atoms with van der Waals surface area (Å²) in [6.45, 7) is 0. The molecule has 1 aromatic heterocycles. The molecular formula is C14H14BrN3O3. The Morgan fingerprint density at radius 2 is 2.05 bits per heavy atom. The zero-order valence-electron chi connectivity index (χ0n) is 11.0. The van der Waals surface area contributed by atoms with Crippen LogP contribution in [0.1, 0.15) is 5.56 Å². The van der Waals surface area contributed by atoms with Crippen LogP contribution >= 0.6 is 15.9 Å². The summed E-state index contributed by atoms with van der Waals surface area (Å²) >= 11 is 3.25. The maximum atomic E-state index is 12.0. The Labute approximate surface area is 129 Å². The number of nitrogens with one attached hydrogen (secondary N) is 1. The van der Waals surface area contributed by atoms with Gasteiger partial charge in [-0.15, -0.1) is 0 Å². The Kier molecular flexibility index (Phi) is 4.77. The van der Waals surface area contributed by atoms with Gasteiger partial charge < -0.3 is 21.3 Å². The number of hydrogen-bond acceptors (Lipinski definition) is 5. The summed E-state index contributed by atoms with van der Waals surface area (Å²) in [5.41, 5.74) is 6.47. The first-order valence-electron chi connectivity index (χ1n) is 6.14. The molecule has 0 unspecified atom stereocenters. The fourth-order valence-electron chi connectivity index (χ4n) is 1.71. The second-order valence-electron chi connectivity index (χ2n) is 4.48. The first-order valence-corrected chi connectivity index (χ1v) is 6.94. The molecule has 0 radical (unpaired) electrons. The van der Waals surface area contributed by atoms with E-state index in [1.165, 1.54) is 12.1 Å². The molecule has 0 saturated heterocycles. The van der Waals surface area contributed by atoms with Gasteiger partial charge in [-0.25, -0.2) is 4.98 Å². The lowest BCUT2D eigenvalue weighted by Crippen LogP contribution is -2.37. The third-order valence-corrected chi connectivity index (χ3v) is 3.28. The van der Waals surface area contributed by atoms with Crippen molar-refractivity contribution in [2.75, 3.05) is 5.32 Å². The number of rotatable bonds is 4. The lowest BCUT2D eigenvalue weighted by Gasteiger charge is -2.12. The highest BCUT2D eigenvalue weighted by molar-refractivity contribution is 9.10. The molecule has 1 amide bonds. The topological polar surface area (TPSA) is 108 Å². The largest absolute Gasteiger partial charge is 0.504 e. The molecule has 1 atom stereocenters. The van der Waals surface area contributed by atoms with E-state index in [0.717, 1.165) is 4.47 Å². The van der Waals surface area contributed by atoms with Crippen molar-refractivity contribution in [2.45, 2.75) is 12.5 Å². The van der Waals surface area contributed by atoms with Gasteiger partial charge in [0.15, 0.2) is 11.5 Å². The normalized spacial score (nSPS) is 11.9. The van der Waals surface area contributed by atoms with E-state index < -0.39 is 6.04 Å². The Bertz CT molecular complexity index is 646. The van der Waals surface area contributed by atoms with Crippen molar-refractivity contribution < 1.29 is 15.0 Å². The van der Waals surface area contributed by atoms with E-state index in [1.807, 2.05) is 0 Å². The highest BCUT2D eigenvalue weighted by Gasteiger charge is 2.15. The molecule has 5 N–H and O–H groups in total. The molecule has 7 heteroatoms. The van der Waals surface area contributed by atoms with Crippen LogP contribution in [0.15, 0.2) is 41.0 Å². The smallest absolute Gasteiger partial charge is 0.242 e. The van der Waals surface area contributed by atoms with Crippen LogP contribution in [0.3, 0.4) is 0 Å². The van der Waals surface area contributed by atoms with Gasteiger partial charge in [0.2, 0.25) is 5.91 Å². The molecule has 0 fully saturated rings. The quantitative estimate of drug-likeness (QED) is 0.627. The van der Waals surface area contributed by atoms with Crippen LogP contribution in [0.25, 0.3) is 0 Å². The van der Waals surface area contributed by atoms with E-state index in [-0.39, 0.29) is 23.8 Å². The first-order chi connectivity index (χ1) is 9.95. The maximum absolute atomic E-state index is 12.0. The Balaban J connectivity index is 1.98. The molecular weight excluding hydrogens is 338 g/mol. The molecule has 0 saturated carbocycles. The SMILES string of the molecule is N[C@@H](Cc1ccc(O)c(O)c1)C(=O)Nc1ccc(Br)cn1. The average Bonchev–Trinajstić information content (AvgIpc) is 2.45. The third-order valence-electron chi connectivity index (χ3n) is 2.81. The standard InChI is InChI=1S/C14H14BrN3O3/c15-9-2-4-13(17-7-9)18-14(21)10(16)5-8-1-3-11(19)12(20)6-8/h1-4,6-7,10,19-20H,5,16H2,(H,17,18,21)/t10-/m0/s1. The number of halogens is 1. The summed E-state index contributed by atoms with van der Waals surface area (Å²) < 4.78 is 0.810. The minimum absolute atomic E-state index is 0.212. The third kappa shape index (κ3) is 4.17. The van der Waals surface area contributed by atoms with E-state index in [2.05, 4.69) is 26.2 Å². The number of anilines is 1. The van der Waals surface area contributed by atoms with Gasteiger partial charge in [0, 0.05) is 10.7 Å². The number of carbonyl (C=O) groups is 1. The number of phenols is 2. The number of benzene rings is 1. The Morgan fingerprint density at radius 1 is 1.29 bits per heavy atom. The summed E-state index contributed by atoms with van der Waals surface area (Å²) in [6, 6.07) is 6.94. The van der Waals surface area contributed by atoms with Gasteiger partial charge in [-0.05, 0) is 52.2 Å². The second-order valence-corrected chi connectivity index (χ2v) is 5.40. The minimum atomic E-state index is -0.792. The zero-order valence-corrected chi connectivity index (χ0v) is 12.5. The molecule has 2 rings (SSSR count). The van der Waals surface area contributed by atoms with Gasteiger partial charge in [-0.3, -0.25) is 4.79 Å². The van der Waals surface area contributed by atoms with Gasteiger partial charge in [0.05, 0.1) is 6.04 Å². The molecule has 0 spiro atoms. The Hall–Kier alpha value is -2.12. The summed E-state index contributed by atoms with van der Waals surface area (Å²) in [6.07, 6.45) is 1.80. The van der Waals surface area contributed by atoms with Crippen LogP contribution in [-0.4, -0.2) is 27.1 Å². The van der Waals surface area contributed by atoms with E-state index in [4.69, 9.17) is 5.73 Å². The van der Waals surface area contributed by atoms with Gasteiger partial charge in [0.1, 0.15) is 5.82 Å². The monoisotopic (exact) mass is 351 g/mol. The van der Waals surface area contributed by atoms with Crippen molar-refractivity contribution in [3.05, 3.63) is 46.6 Å². The molecule has 6 nitrogen and oxygen atoms in total. The number of phenolic OH excluding ortho intramolecular Hbond substituents is 2. The summed E-state index contributed by atoms with van der Waals surface area (Å²) in [5.74, 6) is -0.421. The predicted octanol–water partition coefficient (Wildman–Crippen LogP) is 1.76. The van der Waals surface area contributed by atoms with Gasteiger partial charge in [-0.1, -0.05) is 6.07 Å². The second kappa shape index (κ2) is 6.55. The number of carbonyl (C=O) groups excluding carboxylic acids is 1. The summed E-state index contributed by atoms with van der Waals surface area (Å²) in [7, 11) is 0. The molecule has 0 bridgehead atoms. The molecule has 0 aliphatic rings. The van der Waals surface area contributed by atoms with Gasteiger partial charge in [0.25, 0.3) is 0 Å². The lowest BCUT2D eigenvalue weighted by molar-refractivity contribution is -0.117. The van der Waals surface area contributed by atoms with E-state index in [1.54, 1.807) is 24.4 Å². The minimum Gasteiger partial charge on any atom is -0.504 e. The molecule has 0 aliphatic carbocycles. The number of aromatic nitrogens is 1. The van der Waals surface area contributed by atoms with Crippen LogP contribution in [0.5, 0.6) is 11.5 Å². The number of aromatic hydroxyl groups is 2. The van der Waals surface area contributed by atoms with Crippen LogP contribution in [-0.2, 0) is 11.2 Å². The van der Waals surface area contributed by atoms with Crippen LogP contribution in [0.4, 0.5) is 5.82 Å². The van der Waals surface area contributed by atoms with Crippen LogP contribution in [0, 0.1) is 0 Å². The maximum Gasteiger partial charge on any atom is 0.242 e. The highest BCUT2D eigenvalue weighted by Crippen LogP contribution is 2.25. The van der Waals surface area contributed by atoms with Crippen molar-refractivity contribution in [3.63, 3.8) is 0 Å². The van der Waals surface area contributed by atoms with Gasteiger partial charge in [-0.2, -0.15) is 0 Å². The van der Waals surface area contributed by atoms with Crippen molar-refractivity contribution in [2.24, 2.45) is 5.73 Å². The molecule has 110 valence electrons. The van der Waals surface area contributed by atoms with Crippen molar-refractivity contribution in [3.8, 4) is 11.5 Å². The Morgan fingerprint density at radius 3 is 2.67 bits per heavy atom. The average molecular weight is 352 g/mol. The number of nitrogens with two attached hydrogens (primary N) is 1. The number of hydrogen-bond donors (Lipinski definition) is 4. The first kappa shape index (κ1) is 15.3. The predicted molar refractivity (Wildman–Crippen MR) is 82.0 cm³/mol. The number of nitrogens with zero attached hydrogens (tertiary/aromatic N) is 1. The van der Waals surface area contributed by atoms with E-state index in [9.17, 15) is 15.0 Å². The van der Waals surface area contributed by atoms with Crippen LogP contribution < -0.4 is 11.1 Å². The number of amides is 1. The van der Waals surface area contributed by atoms with E-state index in [0.29, 0.717) is 11.4 Å².